The molecule has 1 saturated heterocycles. The summed E-state index contributed by atoms with van der Waals surface area (Å²) in [6.07, 6.45) is -4.11. The maximum atomic E-state index is 12.5. The Morgan fingerprint density at radius 3 is 2.23 bits per heavy atom. The van der Waals surface area contributed by atoms with Crippen molar-refractivity contribution in [2.45, 2.75) is 37.4 Å². The number of nitrogens with zero attached hydrogens (tertiary/aromatic N) is 1. The second kappa shape index (κ2) is 10.2. The molecule has 1 aliphatic rings. The lowest BCUT2D eigenvalue weighted by Gasteiger charge is -2.21. The molecule has 3 amide bonds. The van der Waals surface area contributed by atoms with Crippen molar-refractivity contribution >= 4 is 17.6 Å². The average Bonchev–Trinajstić information content (AvgIpc) is 3.01. The van der Waals surface area contributed by atoms with Crippen LogP contribution < -0.4 is 10.6 Å². The number of benzene rings is 2. The van der Waals surface area contributed by atoms with E-state index in [1.54, 1.807) is 36.2 Å². The Hall–Kier alpha value is -2.94. The van der Waals surface area contributed by atoms with E-state index in [1.165, 1.54) is 0 Å². The van der Waals surface area contributed by atoms with E-state index in [1.807, 2.05) is 36.4 Å². The van der Waals surface area contributed by atoms with Gasteiger partial charge in [0.15, 0.2) is 0 Å². The lowest BCUT2D eigenvalue weighted by Crippen LogP contribution is -2.41. The van der Waals surface area contributed by atoms with Gasteiger partial charge in [0.2, 0.25) is 5.91 Å². The van der Waals surface area contributed by atoms with E-state index in [-0.39, 0.29) is 18.9 Å². The summed E-state index contributed by atoms with van der Waals surface area (Å²) in [5.74, 6) is -0.203. The lowest BCUT2D eigenvalue weighted by atomic mass is 10.0. The molecule has 8 heteroatoms. The summed E-state index contributed by atoms with van der Waals surface area (Å²) in [5, 5.41) is 25.8. The monoisotopic (exact) mass is 413 g/mol. The highest BCUT2D eigenvalue weighted by Gasteiger charge is 2.43. The minimum absolute atomic E-state index is 0.00143. The van der Waals surface area contributed by atoms with Crippen LogP contribution >= 0.6 is 0 Å². The molecular formula is C22H27N3O5. The fourth-order valence-electron chi connectivity index (χ4n) is 3.33. The highest BCUT2D eigenvalue weighted by atomic mass is 16.5. The van der Waals surface area contributed by atoms with Gasteiger partial charge in [0.05, 0.1) is 12.5 Å². The molecule has 0 aromatic heterocycles. The molecular weight excluding hydrogens is 386 g/mol. The van der Waals surface area contributed by atoms with Crippen LogP contribution in [0.2, 0.25) is 0 Å². The first kappa shape index (κ1) is 21.8. The third-order valence-electron chi connectivity index (χ3n) is 5.02. The Labute approximate surface area is 175 Å². The van der Waals surface area contributed by atoms with Crippen LogP contribution in [-0.4, -0.2) is 65.1 Å². The number of hydrogen-bond acceptors (Lipinski definition) is 5. The van der Waals surface area contributed by atoms with Crippen molar-refractivity contribution in [3.63, 3.8) is 0 Å². The molecule has 0 aliphatic carbocycles. The van der Waals surface area contributed by atoms with Crippen molar-refractivity contribution in [1.29, 1.82) is 0 Å². The number of amides is 3. The van der Waals surface area contributed by atoms with Crippen LogP contribution in [0, 0.1) is 0 Å². The molecule has 30 heavy (non-hydrogen) atoms. The number of nitrogens with one attached hydrogen (secondary N) is 2. The van der Waals surface area contributed by atoms with Gasteiger partial charge in [0.1, 0.15) is 18.3 Å². The SMILES string of the molecule is CN(Cc1ccccc1)C(=O)C[C@H]1O[C@H](CNC(=O)Nc2ccccc2)[C@@H](O)[C@H]1O. The summed E-state index contributed by atoms with van der Waals surface area (Å²) < 4.78 is 5.67. The van der Waals surface area contributed by atoms with Crippen molar-refractivity contribution in [2.75, 3.05) is 18.9 Å². The maximum Gasteiger partial charge on any atom is 0.319 e. The Bertz CT molecular complexity index is 833. The summed E-state index contributed by atoms with van der Waals surface area (Å²) in [6.45, 7) is 0.442. The zero-order valence-corrected chi connectivity index (χ0v) is 16.8. The van der Waals surface area contributed by atoms with E-state index in [4.69, 9.17) is 4.74 Å². The van der Waals surface area contributed by atoms with Crippen LogP contribution in [0.5, 0.6) is 0 Å². The van der Waals surface area contributed by atoms with Crippen molar-refractivity contribution in [3.8, 4) is 0 Å². The summed E-state index contributed by atoms with van der Waals surface area (Å²) in [5.41, 5.74) is 1.63. The second-order valence-corrected chi connectivity index (χ2v) is 7.33. The van der Waals surface area contributed by atoms with Crippen molar-refractivity contribution in [2.24, 2.45) is 0 Å². The predicted molar refractivity (Wildman–Crippen MR) is 112 cm³/mol. The standard InChI is InChI=1S/C22H27N3O5/c1-25(14-15-8-4-2-5-9-15)19(26)12-17-20(27)21(28)18(30-17)13-23-22(29)24-16-10-6-3-7-11-16/h2-11,17-18,20-21,27-28H,12-14H2,1H3,(H2,23,24,29)/t17-,18-,20+,21-/m1/s1. The van der Waals surface area contributed by atoms with Gasteiger partial charge in [-0.2, -0.15) is 0 Å². The van der Waals surface area contributed by atoms with Gasteiger partial charge < -0.3 is 30.5 Å². The van der Waals surface area contributed by atoms with Crippen LogP contribution in [-0.2, 0) is 16.1 Å². The minimum Gasteiger partial charge on any atom is -0.388 e. The largest absolute Gasteiger partial charge is 0.388 e. The van der Waals surface area contributed by atoms with Gasteiger partial charge in [-0.3, -0.25) is 4.79 Å². The van der Waals surface area contributed by atoms with Crippen LogP contribution in [0.4, 0.5) is 10.5 Å². The molecule has 0 spiro atoms. The molecule has 0 saturated carbocycles. The molecule has 0 unspecified atom stereocenters. The smallest absolute Gasteiger partial charge is 0.319 e. The molecule has 1 heterocycles. The number of aliphatic hydroxyl groups excluding tert-OH is 2. The van der Waals surface area contributed by atoms with Gasteiger partial charge in [-0.1, -0.05) is 48.5 Å². The predicted octanol–water partition coefficient (Wildman–Crippen LogP) is 1.35. The molecule has 1 aliphatic heterocycles. The summed E-state index contributed by atoms with van der Waals surface area (Å²) >= 11 is 0. The van der Waals surface area contributed by atoms with Gasteiger partial charge in [-0.25, -0.2) is 4.79 Å². The summed E-state index contributed by atoms with van der Waals surface area (Å²) in [6, 6.07) is 18.0. The Morgan fingerprint density at radius 1 is 0.967 bits per heavy atom. The van der Waals surface area contributed by atoms with Gasteiger partial charge in [0, 0.05) is 25.8 Å². The Balaban J connectivity index is 1.47. The van der Waals surface area contributed by atoms with Crippen molar-refractivity contribution < 1.29 is 24.5 Å². The Kier molecular flexibility index (Phi) is 7.40. The summed E-state index contributed by atoms with van der Waals surface area (Å²) in [7, 11) is 1.68. The number of anilines is 1. The molecule has 3 rings (SSSR count). The topological polar surface area (TPSA) is 111 Å². The first-order valence-corrected chi connectivity index (χ1v) is 9.83. The molecule has 0 radical (unpaired) electrons. The third kappa shape index (κ3) is 5.79. The van der Waals surface area contributed by atoms with E-state index in [9.17, 15) is 19.8 Å². The molecule has 8 nitrogen and oxygen atoms in total. The van der Waals surface area contributed by atoms with Gasteiger partial charge in [-0.05, 0) is 17.7 Å². The number of hydrogen-bond donors (Lipinski definition) is 4. The van der Waals surface area contributed by atoms with Gasteiger partial charge >= 0.3 is 6.03 Å². The molecule has 1 fully saturated rings. The van der Waals surface area contributed by atoms with Gasteiger partial charge in [0.25, 0.3) is 0 Å². The molecule has 2 aromatic carbocycles. The van der Waals surface area contributed by atoms with Crippen molar-refractivity contribution in [3.05, 3.63) is 66.2 Å². The maximum absolute atomic E-state index is 12.5. The Morgan fingerprint density at radius 2 is 1.57 bits per heavy atom. The first-order valence-electron chi connectivity index (χ1n) is 9.83. The van der Waals surface area contributed by atoms with Gasteiger partial charge in [-0.15, -0.1) is 0 Å². The van der Waals surface area contributed by atoms with E-state index in [0.717, 1.165) is 5.56 Å². The number of ether oxygens (including phenoxy) is 1. The molecule has 4 atom stereocenters. The molecule has 0 bridgehead atoms. The number of carbonyl (C=O) groups is 2. The fourth-order valence-corrected chi connectivity index (χ4v) is 3.33. The van der Waals surface area contributed by atoms with Crippen LogP contribution in [0.1, 0.15) is 12.0 Å². The molecule has 160 valence electrons. The van der Waals surface area contributed by atoms with Crippen LogP contribution in [0.15, 0.2) is 60.7 Å². The third-order valence-corrected chi connectivity index (χ3v) is 5.02. The normalized spacial score (nSPS) is 23.0. The fraction of sp³-hybridized carbons (Fsp3) is 0.364. The molecule has 4 N–H and O–H groups in total. The van der Waals surface area contributed by atoms with E-state index in [2.05, 4.69) is 10.6 Å². The average molecular weight is 413 g/mol. The van der Waals surface area contributed by atoms with E-state index >= 15 is 0 Å². The zero-order chi connectivity index (χ0) is 21.5. The minimum atomic E-state index is -1.21. The van der Waals surface area contributed by atoms with Crippen LogP contribution in [0.25, 0.3) is 0 Å². The van der Waals surface area contributed by atoms with E-state index < -0.39 is 30.4 Å². The number of urea groups is 1. The number of carbonyl (C=O) groups excluding carboxylic acids is 2. The highest BCUT2D eigenvalue weighted by Crippen LogP contribution is 2.24. The highest BCUT2D eigenvalue weighted by molar-refractivity contribution is 5.89. The number of aliphatic hydroxyl groups is 2. The van der Waals surface area contributed by atoms with Crippen molar-refractivity contribution in [1.82, 2.24) is 10.2 Å². The number of rotatable bonds is 7. The lowest BCUT2D eigenvalue weighted by molar-refractivity contribution is -0.134. The second-order valence-electron chi connectivity index (χ2n) is 7.33. The summed E-state index contributed by atoms with van der Waals surface area (Å²) in [4.78, 5) is 26.1. The number of para-hydroxylation sites is 1. The quantitative estimate of drug-likeness (QED) is 0.548. The first-order chi connectivity index (χ1) is 14.4. The molecule has 2 aromatic rings. The zero-order valence-electron chi connectivity index (χ0n) is 16.8. The van der Waals surface area contributed by atoms with E-state index in [0.29, 0.717) is 12.2 Å². The van der Waals surface area contributed by atoms with Crippen LogP contribution in [0.3, 0.4) is 0 Å².